The van der Waals surface area contributed by atoms with Crippen LogP contribution in [0.15, 0.2) is 12.2 Å². The third-order valence-electron chi connectivity index (χ3n) is 2.57. The minimum atomic E-state index is -0.368. The van der Waals surface area contributed by atoms with Crippen molar-refractivity contribution in [2.24, 2.45) is 17.1 Å². The third-order valence-corrected chi connectivity index (χ3v) is 2.57. The van der Waals surface area contributed by atoms with Crippen molar-refractivity contribution in [3.8, 4) is 0 Å². The minimum absolute atomic E-state index is 0.200. The van der Waals surface area contributed by atoms with Gasteiger partial charge >= 0.3 is 0 Å². The smallest absolute Gasteiger partial charge is 0.223 e. The van der Waals surface area contributed by atoms with Crippen LogP contribution in [-0.4, -0.2) is 5.91 Å². The molecule has 1 aliphatic carbocycles. The van der Waals surface area contributed by atoms with Gasteiger partial charge in [0, 0.05) is 5.41 Å². The predicted octanol–water partition coefficient (Wildman–Crippen LogP) is 1.46. The zero-order valence-corrected chi connectivity index (χ0v) is 7.13. The molecule has 1 atom stereocenters. The molecule has 0 aromatic carbocycles. The number of amides is 1. The second-order valence-electron chi connectivity index (χ2n) is 3.70. The summed E-state index contributed by atoms with van der Waals surface area (Å²) in [6.07, 6.45) is 6.37. The summed E-state index contributed by atoms with van der Waals surface area (Å²) in [6, 6.07) is 0. The molecule has 1 unspecified atom stereocenters. The van der Waals surface area contributed by atoms with Crippen LogP contribution in [-0.2, 0) is 4.79 Å². The molecule has 1 rings (SSSR count). The fourth-order valence-electron chi connectivity index (χ4n) is 1.42. The summed E-state index contributed by atoms with van der Waals surface area (Å²) in [5, 5.41) is 0. The van der Waals surface area contributed by atoms with Crippen molar-refractivity contribution in [3.63, 3.8) is 0 Å². The maximum absolute atomic E-state index is 11.0. The number of primary amides is 1. The van der Waals surface area contributed by atoms with Gasteiger partial charge in [-0.1, -0.05) is 26.0 Å². The fourth-order valence-corrected chi connectivity index (χ4v) is 1.42. The van der Waals surface area contributed by atoms with Gasteiger partial charge in [0.05, 0.1) is 0 Å². The monoisotopic (exact) mass is 153 g/mol. The van der Waals surface area contributed by atoms with Crippen LogP contribution in [0.1, 0.15) is 26.7 Å². The van der Waals surface area contributed by atoms with E-state index in [1.54, 1.807) is 0 Å². The first-order valence-electron chi connectivity index (χ1n) is 4.01. The highest BCUT2D eigenvalue weighted by Crippen LogP contribution is 2.34. The van der Waals surface area contributed by atoms with E-state index in [2.05, 4.69) is 12.2 Å². The molecule has 62 valence electrons. The van der Waals surface area contributed by atoms with Crippen LogP contribution in [0.5, 0.6) is 0 Å². The van der Waals surface area contributed by atoms with Gasteiger partial charge < -0.3 is 5.73 Å². The van der Waals surface area contributed by atoms with Crippen molar-refractivity contribution < 1.29 is 4.79 Å². The van der Waals surface area contributed by atoms with Crippen LogP contribution in [0.25, 0.3) is 0 Å². The Bertz CT molecular complexity index is 194. The highest BCUT2D eigenvalue weighted by atomic mass is 16.1. The zero-order chi connectivity index (χ0) is 8.48. The Morgan fingerprint density at radius 2 is 2.27 bits per heavy atom. The molecule has 0 aliphatic heterocycles. The maximum Gasteiger partial charge on any atom is 0.223 e. The number of hydrogen-bond acceptors (Lipinski definition) is 1. The van der Waals surface area contributed by atoms with Gasteiger partial charge in [-0.3, -0.25) is 4.79 Å². The predicted molar refractivity (Wildman–Crippen MR) is 44.8 cm³/mol. The molecule has 2 nitrogen and oxygen atoms in total. The molecular formula is C9H15NO. The molecule has 0 bridgehead atoms. The lowest BCUT2D eigenvalue weighted by molar-refractivity contribution is -0.127. The molecular weight excluding hydrogens is 138 g/mol. The lowest BCUT2D eigenvalue weighted by atomic mass is 9.78. The fraction of sp³-hybridized carbons (Fsp3) is 0.667. The van der Waals surface area contributed by atoms with Gasteiger partial charge in [-0.25, -0.2) is 0 Å². The van der Waals surface area contributed by atoms with E-state index in [1.165, 1.54) is 0 Å². The Morgan fingerprint density at radius 3 is 2.64 bits per heavy atom. The van der Waals surface area contributed by atoms with Crippen molar-refractivity contribution in [3.05, 3.63) is 12.2 Å². The standard InChI is InChI=1S/C9H15NO/c1-9(2,8(10)11)7-5-3-4-6-7/h3,5,7H,4,6H2,1-2H3,(H2,10,11). The molecule has 0 spiro atoms. The lowest BCUT2D eigenvalue weighted by Gasteiger charge is -2.26. The molecule has 0 saturated heterocycles. The SMILES string of the molecule is CC(C)(C(N)=O)C1C=CCC1. The number of nitrogens with two attached hydrogens (primary N) is 1. The average molecular weight is 153 g/mol. The van der Waals surface area contributed by atoms with E-state index in [1.807, 2.05) is 13.8 Å². The first-order valence-corrected chi connectivity index (χ1v) is 4.01. The van der Waals surface area contributed by atoms with E-state index >= 15 is 0 Å². The molecule has 0 radical (unpaired) electrons. The van der Waals surface area contributed by atoms with E-state index in [4.69, 9.17) is 5.73 Å². The van der Waals surface area contributed by atoms with Gasteiger partial charge in [-0.2, -0.15) is 0 Å². The largest absolute Gasteiger partial charge is 0.369 e. The first kappa shape index (κ1) is 8.31. The highest BCUT2D eigenvalue weighted by Gasteiger charge is 2.34. The van der Waals surface area contributed by atoms with Crippen molar-refractivity contribution in [2.45, 2.75) is 26.7 Å². The van der Waals surface area contributed by atoms with Gasteiger partial charge in [-0.15, -0.1) is 0 Å². The normalized spacial score (nSPS) is 24.0. The molecule has 1 aliphatic rings. The van der Waals surface area contributed by atoms with Crippen LogP contribution in [0, 0.1) is 11.3 Å². The Balaban J connectivity index is 2.71. The average Bonchev–Trinajstić information content (AvgIpc) is 2.37. The molecule has 0 aromatic heterocycles. The van der Waals surface area contributed by atoms with Gasteiger partial charge in [0.2, 0.25) is 5.91 Å². The molecule has 2 N–H and O–H groups in total. The van der Waals surface area contributed by atoms with Crippen molar-refractivity contribution in [2.75, 3.05) is 0 Å². The van der Waals surface area contributed by atoms with E-state index in [-0.39, 0.29) is 11.3 Å². The van der Waals surface area contributed by atoms with Crippen LogP contribution >= 0.6 is 0 Å². The summed E-state index contributed by atoms with van der Waals surface area (Å²) in [6.45, 7) is 3.82. The number of rotatable bonds is 2. The molecule has 0 saturated carbocycles. The maximum atomic E-state index is 11.0. The summed E-state index contributed by atoms with van der Waals surface area (Å²) < 4.78 is 0. The number of carbonyl (C=O) groups is 1. The second-order valence-corrected chi connectivity index (χ2v) is 3.70. The molecule has 11 heavy (non-hydrogen) atoms. The van der Waals surface area contributed by atoms with E-state index in [9.17, 15) is 4.79 Å². The van der Waals surface area contributed by atoms with Crippen molar-refractivity contribution in [1.82, 2.24) is 0 Å². The van der Waals surface area contributed by atoms with Crippen LogP contribution in [0.2, 0.25) is 0 Å². The summed E-state index contributed by atoms with van der Waals surface area (Å²) in [5.41, 5.74) is 4.91. The number of hydrogen-bond donors (Lipinski definition) is 1. The Morgan fingerprint density at radius 1 is 1.64 bits per heavy atom. The van der Waals surface area contributed by atoms with E-state index < -0.39 is 0 Å². The summed E-state index contributed by atoms with van der Waals surface area (Å²) in [5.74, 6) is 0.147. The molecule has 1 amide bonds. The van der Waals surface area contributed by atoms with Crippen LogP contribution < -0.4 is 5.73 Å². The number of carbonyl (C=O) groups excluding carboxylic acids is 1. The second kappa shape index (κ2) is 2.68. The summed E-state index contributed by atoms with van der Waals surface area (Å²) in [4.78, 5) is 11.0. The van der Waals surface area contributed by atoms with Gasteiger partial charge in [0.15, 0.2) is 0 Å². The number of allylic oxidation sites excluding steroid dienone is 2. The Hall–Kier alpha value is -0.790. The minimum Gasteiger partial charge on any atom is -0.369 e. The van der Waals surface area contributed by atoms with Crippen molar-refractivity contribution in [1.29, 1.82) is 0 Å². The molecule has 0 fully saturated rings. The van der Waals surface area contributed by atoms with Gasteiger partial charge in [-0.05, 0) is 18.8 Å². The summed E-state index contributed by atoms with van der Waals surface area (Å²) in [7, 11) is 0. The van der Waals surface area contributed by atoms with Gasteiger partial charge in [0.1, 0.15) is 0 Å². The van der Waals surface area contributed by atoms with Crippen LogP contribution in [0.4, 0.5) is 0 Å². The summed E-state index contributed by atoms with van der Waals surface area (Å²) >= 11 is 0. The van der Waals surface area contributed by atoms with E-state index in [0.717, 1.165) is 12.8 Å². The molecule has 0 aromatic rings. The first-order chi connectivity index (χ1) is 5.05. The third kappa shape index (κ3) is 1.44. The highest BCUT2D eigenvalue weighted by molar-refractivity contribution is 5.80. The van der Waals surface area contributed by atoms with E-state index in [0.29, 0.717) is 5.92 Å². The lowest BCUT2D eigenvalue weighted by Crippen LogP contribution is -2.36. The molecule has 2 heteroatoms. The van der Waals surface area contributed by atoms with Gasteiger partial charge in [0.25, 0.3) is 0 Å². The zero-order valence-electron chi connectivity index (χ0n) is 7.13. The Labute approximate surface area is 67.5 Å². The van der Waals surface area contributed by atoms with Crippen molar-refractivity contribution >= 4 is 5.91 Å². The molecule has 0 heterocycles. The van der Waals surface area contributed by atoms with Crippen LogP contribution in [0.3, 0.4) is 0 Å². The topological polar surface area (TPSA) is 43.1 Å². The quantitative estimate of drug-likeness (QED) is 0.600. The Kier molecular flexibility index (Phi) is 2.03.